The van der Waals surface area contributed by atoms with Gasteiger partial charge in [-0.25, -0.2) is 0 Å². The number of carbonyl (C=O) groups excluding carboxylic acids is 2. The Bertz CT molecular complexity index is 801. The fourth-order valence-corrected chi connectivity index (χ4v) is 2.33. The van der Waals surface area contributed by atoms with E-state index in [1.54, 1.807) is 0 Å². The molecule has 2 aromatic carbocycles. The second kappa shape index (κ2) is 9.33. The molecule has 0 saturated heterocycles. The zero-order chi connectivity index (χ0) is 19.8. The maximum absolute atomic E-state index is 12.0. The highest BCUT2D eigenvalue weighted by Gasteiger charge is 2.10. The average Bonchev–Trinajstić information content (AvgIpc) is 2.66. The molecule has 2 aromatic rings. The number of anilines is 1. The largest absolute Gasteiger partial charge is 0.378 e. The highest BCUT2D eigenvalue weighted by atomic mass is 16.6. The van der Waals surface area contributed by atoms with Gasteiger partial charge >= 0.3 is 0 Å². The van der Waals surface area contributed by atoms with Gasteiger partial charge in [-0.3, -0.25) is 19.7 Å². The van der Waals surface area contributed by atoms with Gasteiger partial charge in [0.1, 0.15) is 0 Å². The van der Waals surface area contributed by atoms with Gasteiger partial charge in [-0.2, -0.15) is 0 Å². The fourth-order valence-electron chi connectivity index (χ4n) is 2.33. The molecule has 0 aliphatic rings. The summed E-state index contributed by atoms with van der Waals surface area (Å²) in [6.45, 7) is 0.601. The molecule has 0 aliphatic carbocycles. The zero-order valence-electron chi connectivity index (χ0n) is 15.3. The Morgan fingerprint density at radius 1 is 1.00 bits per heavy atom. The first-order valence-electron chi connectivity index (χ1n) is 8.42. The Morgan fingerprint density at radius 3 is 2.19 bits per heavy atom. The van der Waals surface area contributed by atoms with Gasteiger partial charge < -0.3 is 15.5 Å². The second-order valence-corrected chi connectivity index (χ2v) is 6.15. The molecule has 0 heterocycles. The van der Waals surface area contributed by atoms with E-state index in [1.165, 1.54) is 24.3 Å². The van der Waals surface area contributed by atoms with E-state index in [0.717, 1.165) is 11.3 Å². The van der Waals surface area contributed by atoms with E-state index in [1.807, 2.05) is 43.3 Å². The van der Waals surface area contributed by atoms with Crippen LogP contribution in [0, 0.1) is 10.1 Å². The van der Waals surface area contributed by atoms with Gasteiger partial charge in [-0.15, -0.1) is 0 Å². The lowest BCUT2D eigenvalue weighted by molar-refractivity contribution is -0.384. The minimum atomic E-state index is -0.528. The van der Waals surface area contributed by atoms with Crippen molar-refractivity contribution >= 4 is 23.2 Å². The highest BCUT2D eigenvalue weighted by Crippen LogP contribution is 2.12. The van der Waals surface area contributed by atoms with Crippen molar-refractivity contribution in [1.82, 2.24) is 10.6 Å². The zero-order valence-corrected chi connectivity index (χ0v) is 15.3. The lowest BCUT2D eigenvalue weighted by Gasteiger charge is -2.13. The van der Waals surface area contributed by atoms with E-state index in [0.29, 0.717) is 12.1 Å². The van der Waals surface area contributed by atoms with E-state index >= 15 is 0 Å². The van der Waals surface area contributed by atoms with Gasteiger partial charge in [0.25, 0.3) is 11.6 Å². The molecule has 8 heteroatoms. The molecular formula is C19H22N4O4. The molecule has 2 amide bonds. The van der Waals surface area contributed by atoms with Gasteiger partial charge in [0, 0.05) is 57.0 Å². The van der Waals surface area contributed by atoms with E-state index in [9.17, 15) is 19.7 Å². The predicted molar refractivity (Wildman–Crippen MR) is 103 cm³/mol. The summed E-state index contributed by atoms with van der Waals surface area (Å²) < 4.78 is 0. The normalized spacial score (nSPS) is 10.1. The number of nitrogens with one attached hydrogen (secondary N) is 2. The number of hydrogen-bond donors (Lipinski definition) is 2. The first-order chi connectivity index (χ1) is 12.9. The molecule has 0 bridgehead atoms. The van der Waals surface area contributed by atoms with Crippen molar-refractivity contribution in [1.29, 1.82) is 0 Å². The number of carbonyl (C=O) groups is 2. The predicted octanol–water partition coefficient (Wildman–Crippen LogP) is 2.10. The Morgan fingerprint density at radius 2 is 1.63 bits per heavy atom. The molecule has 0 spiro atoms. The Kier molecular flexibility index (Phi) is 6.87. The molecule has 0 radical (unpaired) electrons. The third kappa shape index (κ3) is 6.10. The minimum absolute atomic E-state index is 0.0791. The van der Waals surface area contributed by atoms with Crippen molar-refractivity contribution in [3.8, 4) is 0 Å². The molecule has 0 atom stereocenters. The monoisotopic (exact) mass is 370 g/mol. The van der Waals surface area contributed by atoms with Gasteiger partial charge in [0.2, 0.25) is 5.91 Å². The van der Waals surface area contributed by atoms with E-state index in [4.69, 9.17) is 0 Å². The standard InChI is InChI=1S/C19H22N4O4/c1-22(2)16-7-3-14(4-8-16)13-21-18(24)11-12-20-19(25)15-5-9-17(10-6-15)23(26)27/h3-10H,11-13H2,1-2H3,(H,20,25)(H,21,24). The van der Waals surface area contributed by atoms with Crippen molar-refractivity contribution < 1.29 is 14.5 Å². The molecule has 0 aromatic heterocycles. The summed E-state index contributed by atoms with van der Waals surface area (Å²) in [5.41, 5.74) is 2.30. The number of nitro groups is 1. The van der Waals surface area contributed by atoms with Crippen molar-refractivity contribution in [2.75, 3.05) is 25.5 Å². The summed E-state index contributed by atoms with van der Waals surface area (Å²) in [4.78, 5) is 35.9. The van der Waals surface area contributed by atoms with Crippen molar-refractivity contribution in [3.63, 3.8) is 0 Å². The van der Waals surface area contributed by atoms with E-state index in [-0.39, 0.29) is 30.5 Å². The summed E-state index contributed by atoms with van der Waals surface area (Å²) in [6, 6.07) is 13.2. The van der Waals surface area contributed by atoms with Crippen LogP contribution in [0.1, 0.15) is 22.3 Å². The van der Waals surface area contributed by atoms with E-state index in [2.05, 4.69) is 10.6 Å². The number of nitrogens with zero attached hydrogens (tertiary/aromatic N) is 2. The molecule has 0 aliphatic heterocycles. The summed E-state index contributed by atoms with van der Waals surface area (Å²) >= 11 is 0. The SMILES string of the molecule is CN(C)c1ccc(CNC(=O)CCNC(=O)c2ccc([N+](=O)[O-])cc2)cc1. The van der Waals surface area contributed by atoms with Crippen LogP contribution in [0.15, 0.2) is 48.5 Å². The summed E-state index contributed by atoms with van der Waals surface area (Å²) in [6.07, 6.45) is 0.147. The lowest BCUT2D eigenvalue weighted by Crippen LogP contribution is -2.30. The summed E-state index contributed by atoms with van der Waals surface area (Å²) in [5.74, 6) is -0.548. The Hall–Kier alpha value is -3.42. The summed E-state index contributed by atoms with van der Waals surface area (Å²) in [5, 5.41) is 16.0. The van der Waals surface area contributed by atoms with Crippen LogP contribution < -0.4 is 15.5 Å². The lowest BCUT2D eigenvalue weighted by atomic mass is 10.2. The third-order valence-corrected chi connectivity index (χ3v) is 3.92. The Balaban J connectivity index is 1.72. The van der Waals surface area contributed by atoms with Crippen LogP contribution in [-0.2, 0) is 11.3 Å². The number of rotatable bonds is 8. The van der Waals surface area contributed by atoms with E-state index < -0.39 is 4.92 Å². The van der Waals surface area contributed by atoms with Crippen LogP contribution in [-0.4, -0.2) is 37.4 Å². The topological polar surface area (TPSA) is 105 Å². The number of nitro benzene ring substituents is 1. The molecule has 2 N–H and O–H groups in total. The molecular weight excluding hydrogens is 348 g/mol. The number of amides is 2. The molecule has 142 valence electrons. The highest BCUT2D eigenvalue weighted by molar-refractivity contribution is 5.94. The van der Waals surface area contributed by atoms with Crippen LogP contribution in [0.5, 0.6) is 0 Å². The van der Waals surface area contributed by atoms with Crippen molar-refractivity contribution in [2.24, 2.45) is 0 Å². The fraction of sp³-hybridized carbons (Fsp3) is 0.263. The second-order valence-electron chi connectivity index (χ2n) is 6.15. The maximum atomic E-state index is 12.0. The van der Waals surface area contributed by atoms with Crippen LogP contribution >= 0.6 is 0 Å². The smallest absolute Gasteiger partial charge is 0.269 e. The van der Waals surface area contributed by atoms with Crippen molar-refractivity contribution in [3.05, 3.63) is 69.8 Å². The average molecular weight is 370 g/mol. The molecule has 27 heavy (non-hydrogen) atoms. The first-order valence-corrected chi connectivity index (χ1v) is 8.42. The number of benzene rings is 2. The van der Waals surface area contributed by atoms with Crippen LogP contribution in [0.2, 0.25) is 0 Å². The van der Waals surface area contributed by atoms with Gasteiger partial charge in [0.15, 0.2) is 0 Å². The molecule has 0 fully saturated rings. The van der Waals surface area contributed by atoms with Gasteiger partial charge in [-0.1, -0.05) is 12.1 Å². The molecule has 8 nitrogen and oxygen atoms in total. The third-order valence-electron chi connectivity index (χ3n) is 3.92. The number of non-ortho nitro benzene ring substituents is 1. The Labute approximate surface area is 157 Å². The van der Waals surface area contributed by atoms with Crippen LogP contribution in [0.3, 0.4) is 0 Å². The molecule has 0 unspecified atom stereocenters. The quantitative estimate of drug-likeness (QED) is 0.547. The van der Waals surface area contributed by atoms with Gasteiger partial charge in [0.05, 0.1) is 4.92 Å². The van der Waals surface area contributed by atoms with Crippen molar-refractivity contribution in [2.45, 2.75) is 13.0 Å². The minimum Gasteiger partial charge on any atom is -0.378 e. The van der Waals surface area contributed by atoms with Crippen LogP contribution in [0.25, 0.3) is 0 Å². The number of hydrogen-bond acceptors (Lipinski definition) is 5. The summed E-state index contributed by atoms with van der Waals surface area (Å²) in [7, 11) is 3.92. The van der Waals surface area contributed by atoms with Crippen LogP contribution in [0.4, 0.5) is 11.4 Å². The maximum Gasteiger partial charge on any atom is 0.269 e. The van der Waals surface area contributed by atoms with Gasteiger partial charge in [-0.05, 0) is 29.8 Å². The molecule has 0 saturated carbocycles. The molecule has 2 rings (SSSR count). The first kappa shape index (κ1) is 19.9.